The van der Waals surface area contributed by atoms with E-state index in [-0.39, 0.29) is 16.3 Å². The van der Waals surface area contributed by atoms with Gasteiger partial charge >= 0.3 is 0 Å². The van der Waals surface area contributed by atoms with E-state index in [0.29, 0.717) is 15.6 Å². The number of benzene rings is 2. The highest BCUT2D eigenvalue weighted by atomic mass is 35.5. The molecule has 0 spiro atoms. The van der Waals surface area contributed by atoms with Gasteiger partial charge < -0.3 is 5.11 Å². The number of halogens is 3. The van der Waals surface area contributed by atoms with Crippen molar-refractivity contribution in [2.75, 3.05) is 0 Å². The van der Waals surface area contributed by atoms with E-state index in [0.717, 1.165) is 0 Å². The summed E-state index contributed by atoms with van der Waals surface area (Å²) in [7, 11) is 0. The molecule has 2 aromatic carbocycles. The van der Waals surface area contributed by atoms with Crippen LogP contribution in [0.15, 0.2) is 41.5 Å². The first-order valence-corrected chi connectivity index (χ1v) is 6.88. The Hall–Kier alpha value is -1.75. The van der Waals surface area contributed by atoms with Crippen molar-refractivity contribution < 1.29 is 9.90 Å². The summed E-state index contributed by atoms with van der Waals surface area (Å²) in [5, 5.41) is 14.4. The fourth-order valence-corrected chi connectivity index (χ4v) is 2.08. The van der Waals surface area contributed by atoms with Gasteiger partial charge in [0, 0.05) is 15.6 Å². The molecule has 0 aliphatic rings. The molecule has 2 rings (SSSR count). The average molecular weight is 344 g/mol. The number of phenols is 1. The van der Waals surface area contributed by atoms with Crippen molar-refractivity contribution in [1.29, 1.82) is 0 Å². The number of phenolic OH excluding ortho intramolecular Hbond substituents is 1. The molecule has 21 heavy (non-hydrogen) atoms. The summed E-state index contributed by atoms with van der Waals surface area (Å²) in [5.41, 5.74) is 2.88. The summed E-state index contributed by atoms with van der Waals surface area (Å²) < 4.78 is 0. The van der Waals surface area contributed by atoms with E-state index >= 15 is 0 Å². The lowest BCUT2D eigenvalue weighted by molar-refractivity contribution is 0.0955. The second kappa shape index (κ2) is 6.80. The van der Waals surface area contributed by atoms with E-state index in [1.165, 1.54) is 30.5 Å². The van der Waals surface area contributed by atoms with Gasteiger partial charge in [0.05, 0.1) is 16.8 Å². The van der Waals surface area contributed by atoms with E-state index in [4.69, 9.17) is 34.8 Å². The average Bonchev–Trinajstić information content (AvgIpc) is 2.45. The van der Waals surface area contributed by atoms with E-state index < -0.39 is 5.91 Å². The molecule has 0 bridgehead atoms. The maximum Gasteiger partial charge on any atom is 0.272 e. The maximum absolute atomic E-state index is 11.9. The molecule has 0 radical (unpaired) electrons. The molecule has 0 saturated heterocycles. The smallest absolute Gasteiger partial charge is 0.272 e. The van der Waals surface area contributed by atoms with Gasteiger partial charge in [0.25, 0.3) is 5.91 Å². The van der Waals surface area contributed by atoms with E-state index in [1.54, 1.807) is 12.1 Å². The topological polar surface area (TPSA) is 61.7 Å². The van der Waals surface area contributed by atoms with Gasteiger partial charge in [-0.3, -0.25) is 4.79 Å². The highest BCUT2D eigenvalue weighted by Gasteiger charge is 2.10. The van der Waals surface area contributed by atoms with Crippen LogP contribution in [0.25, 0.3) is 0 Å². The second-order valence-corrected chi connectivity index (χ2v) is 5.31. The Morgan fingerprint density at radius 2 is 1.76 bits per heavy atom. The summed E-state index contributed by atoms with van der Waals surface area (Å²) in [6.07, 6.45) is 1.28. The SMILES string of the molecule is O=C(NN=Cc1cc(Cl)ccc1O)c1cc(Cl)ccc1Cl. The van der Waals surface area contributed by atoms with Crippen LogP contribution in [0.2, 0.25) is 15.1 Å². The number of nitrogens with zero attached hydrogens (tertiary/aromatic N) is 1. The van der Waals surface area contributed by atoms with Crippen LogP contribution in [0.1, 0.15) is 15.9 Å². The molecule has 108 valence electrons. The predicted molar refractivity (Wildman–Crippen MR) is 84.6 cm³/mol. The first-order chi connectivity index (χ1) is 9.97. The number of aromatic hydroxyl groups is 1. The Balaban J connectivity index is 2.12. The third-order valence-corrected chi connectivity index (χ3v) is 3.33. The summed E-state index contributed by atoms with van der Waals surface area (Å²) in [6, 6.07) is 9.02. The molecular formula is C14H9Cl3N2O2. The van der Waals surface area contributed by atoms with Crippen molar-refractivity contribution in [3.05, 3.63) is 62.6 Å². The highest BCUT2D eigenvalue weighted by Crippen LogP contribution is 2.21. The predicted octanol–water partition coefficient (Wildman–Crippen LogP) is 4.12. The summed E-state index contributed by atoms with van der Waals surface area (Å²) in [5.74, 6) is -0.515. The molecule has 0 aliphatic heterocycles. The summed E-state index contributed by atoms with van der Waals surface area (Å²) in [4.78, 5) is 11.9. The molecule has 2 aromatic rings. The van der Waals surface area contributed by atoms with Crippen LogP contribution in [-0.4, -0.2) is 17.2 Å². The zero-order chi connectivity index (χ0) is 15.4. The molecule has 0 fully saturated rings. The van der Waals surface area contributed by atoms with Crippen molar-refractivity contribution in [3.8, 4) is 5.75 Å². The van der Waals surface area contributed by atoms with Crippen LogP contribution >= 0.6 is 34.8 Å². The minimum atomic E-state index is -0.514. The Bertz CT molecular complexity index is 717. The van der Waals surface area contributed by atoms with Crippen LogP contribution in [0.5, 0.6) is 5.75 Å². The highest BCUT2D eigenvalue weighted by molar-refractivity contribution is 6.35. The molecule has 0 unspecified atom stereocenters. The van der Waals surface area contributed by atoms with E-state index in [1.807, 2.05) is 0 Å². The molecule has 0 saturated carbocycles. The lowest BCUT2D eigenvalue weighted by atomic mass is 10.2. The Kier molecular flexibility index (Phi) is 5.07. The Labute approximate surface area is 135 Å². The van der Waals surface area contributed by atoms with Crippen LogP contribution in [-0.2, 0) is 0 Å². The van der Waals surface area contributed by atoms with Crippen LogP contribution in [0, 0.1) is 0 Å². The van der Waals surface area contributed by atoms with Gasteiger partial charge in [0.1, 0.15) is 5.75 Å². The van der Waals surface area contributed by atoms with Crippen molar-refractivity contribution >= 4 is 46.9 Å². The van der Waals surface area contributed by atoms with Crippen molar-refractivity contribution in [3.63, 3.8) is 0 Å². The Morgan fingerprint density at radius 3 is 2.52 bits per heavy atom. The zero-order valence-corrected chi connectivity index (χ0v) is 12.7. The maximum atomic E-state index is 11.9. The third kappa shape index (κ3) is 4.11. The van der Waals surface area contributed by atoms with Crippen molar-refractivity contribution in [2.24, 2.45) is 5.10 Å². The lowest BCUT2D eigenvalue weighted by Crippen LogP contribution is -2.18. The number of amides is 1. The first-order valence-electron chi connectivity index (χ1n) is 5.74. The molecule has 4 nitrogen and oxygen atoms in total. The van der Waals surface area contributed by atoms with Crippen molar-refractivity contribution in [2.45, 2.75) is 0 Å². The van der Waals surface area contributed by atoms with Crippen LogP contribution < -0.4 is 5.43 Å². The molecule has 0 atom stereocenters. The zero-order valence-electron chi connectivity index (χ0n) is 10.5. The largest absolute Gasteiger partial charge is 0.507 e. The van der Waals surface area contributed by atoms with Gasteiger partial charge in [-0.15, -0.1) is 0 Å². The quantitative estimate of drug-likeness (QED) is 0.650. The third-order valence-electron chi connectivity index (χ3n) is 2.53. The molecule has 0 heterocycles. The molecule has 1 amide bonds. The minimum Gasteiger partial charge on any atom is -0.507 e. The number of carbonyl (C=O) groups excluding carboxylic acids is 1. The second-order valence-electron chi connectivity index (χ2n) is 4.03. The molecule has 2 N–H and O–H groups in total. The van der Waals surface area contributed by atoms with Crippen LogP contribution in [0.4, 0.5) is 0 Å². The number of nitrogens with one attached hydrogen (secondary N) is 1. The van der Waals surface area contributed by atoms with Gasteiger partial charge in [-0.25, -0.2) is 5.43 Å². The monoisotopic (exact) mass is 342 g/mol. The standard InChI is InChI=1S/C14H9Cl3N2O2/c15-9-2-4-13(20)8(5-9)7-18-19-14(21)11-6-10(16)1-3-12(11)17/h1-7,20H,(H,19,21). The molecule has 0 aromatic heterocycles. The number of hydrazone groups is 1. The number of hydrogen-bond acceptors (Lipinski definition) is 3. The molecule has 7 heteroatoms. The normalized spacial score (nSPS) is 10.8. The van der Waals surface area contributed by atoms with Crippen LogP contribution in [0.3, 0.4) is 0 Å². The van der Waals surface area contributed by atoms with E-state index in [9.17, 15) is 9.90 Å². The van der Waals surface area contributed by atoms with Crippen molar-refractivity contribution in [1.82, 2.24) is 5.43 Å². The van der Waals surface area contributed by atoms with Gasteiger partial charge in [-0.2, -0.15) is 5.10 Å². The number of rotatable bonds is 3. The van der Waals surface area contributed by atoms with Gasteiger partial charge in [0.2, 0.25) is 0 Å². The summed E-state index contributed by atoms with van der Waals surface area (Å²) in [6.45, 7) is 0. The molecular weight excluding hydrogens is 335 g/mol. The molecule has 0 aliphatic carbocycles. The number of hydrogen-bond donors (Lipinski definition) is 2. The fraction of sp³-hybridized carbons (Fsp3) is 0. The minimum absolute atomic E-state index is 0.00168. The number of carbonyl (C=O) groups is 1. The Morgan fingerprint density at radius 1 is 1.10 bits per heavy atom. The van der Waals surface area contributed by atoms with Gasteiger partial charge in [0.15, 0.2) is 0 Å². The van der Waals surface area contributed by atoms with Gasteiger partial charge in [-0.05, 0) is 36.4 Å². The van der Waals surface area contributed by atoms with Gasteiger partial charge in [-0.1, -0.05) is 34.8 Å². The van der Waals surface area contributed by atoms with E-state index in [2.05, 4.69) is 10.5 Å². The summed E-state index contributed by atoms with van der Waals surface area (Å²) >= 11 is 17.5. The lowest BCUT2D eigenvalue weighted by Gasteiger charge is -2.03. The fourth-order valence-electron chi connectivity index (χ4n) is 1.52. The first kappa shape index (κ1) is 15.6.